The van der Waals surface area contributed by atoms with E-state index in [4.69, 9.17) is 27.9 Å². The number of nitrogens with zero attached hydrogens (tertiary/aromatic N) is 1. The van der Waals surface area contributed by atoms with E-state index in [0.717, 1.165) is 0 Å². The van der Waals surface area contributed by atoms with Crippen molar-refractivity contribution in [1.82, 2.24) is 0 Å². The monoisotopic (exact) mass is 335 g/mol. The fraction of sp³-hybridized carbons (Fsp3) is 0. The van der Waals surface area contributed by atoms with Crippen LogP contribution in [0.5, 0.6) is 0 Å². The normalized spacial score (nSPS) is 15.9. The Morgan fingerprint density at radius 2 is 1.86 bits per heavy atom. The Bertz CT molecular complexity index is 831. The van der Waals surface area contributed by atoms with Gasteiger partial charge in [-0.15, -0.1) is 0 Å². The second kappa shape index (κ2) is 5.91. The van der Waals surface area contributed by atoms with Gasteiger partial charge in [-0.2, -0.15) is 0 Å². The van der Waals surface area contributed by atoms with Gasteiger partial charge in [0.15, 0.2) is 5.70 Å². The highest BCUT2D eigenvalue weighted by Gasteiger charge is 2.26. The van der Waals surface area contributed by atoms with Crippen LogP contribution in [-0.2, 0) is 9.53 Å². The molecule has 3 nitrogen and oxygen atoms in total. The van der Waals surface area contributed by atoms with Crippen LogP contribution in [-0.4, -0.2) is 11.9 Å². The summed E-state index contributed by atoms with van der Waals surface area (Å²) in [5, 5.41) is 0.666. The Kier molecular flexibility index (Phi) is 3.96. The van der Waals surface area contributed by atoms with Crippen molar-refractivity contribution in [2.75, 3.05) is 0 Å². The van der Waals surface area contributed by atoms with Gasteiger partial charge in [-0.05, 0) is 29.8 Å². The summed E-state index contributed by atoms with van der Waals surface area (Å²) >= 11 is 12.0. The molecule has 0 bridgehead atoms. The summed E-state index contributed by atoms with van der Waals surface area (Å²) in [5.41, 5.74) is 0.679. The molecule has 1 aliphatic heterocycles. The van der Waals surface area contributed by atoms with Gasteiger partial charge in [0.05, 0.1) is 15.6 Å². The van der Waals surface area contributed by atoms with Crippen molar-refractivity contribution in [3.8, 4) is 0 Å². The number of carbonyl (C=O) groups is 1. The average molecular weight is 336 g/mol. The molecule has 2 aromatic rings. The molecule has 0 spiro atoms. The van der Waals surface area contributed by atoms with E-state index in [-0.39, 0.29) is 17.2 Å². The molecule has 22 heavy (non-hydrogen) atoms. The Morgan fingerprint density at radius 3 is 2.64 bits per heavy atom. The first kappa shape index (κ1) is 14.8. The number of benzene rings is 2. The van der Waals surface area contributed by atoms with Crippen LogP contribution in [0.1, 0.15) is 11.1 Å². The highest BCUT2D eigenvalue weighted by Crippen LogP contribution is 2.29. The summed E-state index contributed by atoms with van der Waals surface area (Å²) in [4.78, 5) is 15.9. The third kappa shape index (κ3) is 2.75. The predicted molar refractivity (Wildman–Crippen MR) is 83.5 cm³/mol. The minimum atomic E-state index is -0.672. The number of hydrogen-bond donors (Lipinski definition) is 0. The molecular formula is C16H8Cl2FNO2. The number of carbonyl (C=O) groups excluding carboxylic acids is 1. The van der Waals surface area contributed by atoms with Gasteiger partial charge in [0, 0.05) is 0 Å². The van der Waals surface area contributed by atoms with Gasteiger partial charge in [0.2, 0.25) is 5.90 Å². The van der Waals surface area contributed by atoms with Crippen molar-refractivity contribution >= 4 is 41.1 Å². The molecule has 1 heterocycles. The topological polar surface area (TPSA) is 38.7 Å². The van der Waals surface area contributed by atoms with Crippen molar-refractivity contribution < 1.29 is 13.9 Å². The van der Waals surface area contributed by atoms with Crippen LogP contribution in [0.2, 0.25) is 10.0 Å². The van der Waals surface area contributed by atoms with E-state index in [0.29, 0.717) is 15.6 Å². The van der Waals surface area contributed by atoms with Crippen molar-refractivity contribution in [1.29, 1.82) is 0 Å². The first-order valence-electron chi connectivity index (χ1n) is 6.28. The molecular weight excluding hydrogens is 328 g/mol. The molecule has 0 radical (unpaired) electrons. The van der Waals surface area contributed by atoms with E-state index in [1.54, 1.807) is 30.3 Å². The van der Waals surface area contributed by atoms with E-state index >= 15 is 0 Å². The van der Waals surface area contributed by atoms with E-state index in [2.05, 4.69) is 4.99 Å². The molecule has 0 saturated carbocycles. The fourth-order valence-corrected chi connectivity index (χ4v) is 2.30. The first-order valence-corrected chi connectivity index (χ1v) is 7.03. The zero-order valence-corrected chi connectivity index (χ0v) is 12.5. The minimum absolute atomic E-state index is 0.0300. The van der Waals surface area contributed by atoms with Gasteiger partial charge in [-0.3, -0.25) is 0 Å². The number of cyclic esters (lactones) is 1. The van der Waals surface area contributed by atoms with Crippen LogP contribution < -0.4 is 0 Å². The summed E-state index contributed by atoms with van der Waals surface area (Å²) in [6.45, 7) is 0. The third-order valence-corrected chi connectivity index (χ3v) is 3.83. The SMILES string of the molecule is O=C1OC(c2ccccc2F)=N/C1=C/c1cccc(Cl)c1Cl. The highest BCUT2D eigenvalue weighted by atomic mass is 35.5. The van der Waals surface area contributed by atoms with Crippen molar-refractivity contribution in [3.05, 3.63) is 75.2 Å². The van der Waals surface area contributed by atoms with Gasteiger partial charge in [0.25, 0.3) is 0 Å². The van der Waals surface area contributed by atoms with E-state index < -0.39 is 11.8 Å². The van der Waals surface area contributed by atoms with Crippen LogP contribution in [0.3, 0.4) is 0 Å². The molecule has 110 valence electrons. The van der Waals surface area contributed by atoms with Crippen LogP contribution in [0.25, 0.3) is 6.08 Å². The van der Waals surface area contributed by atoms with Gasteiger partial charge in [-0.1, -0.05) is 47.5 Å². The molecule has 0 atom stereocenters. The predicted octanol–water partition coefficient (Wildman–Crippen LogP) is 4.48. The molecule has 0 N–H and O–H groups in total. The summed E-state index contributed by atoms with van der Waals surface area (Å²) < 4.78 is 18.7. The van der Waals surface area contributed by atoms with Crippen LogP contribution in [0.4, 0.5) is 4.39 Å². The average Bonchev–Trinajstić information content (AvgIpc) is 2.85. The lowest BCUT2D eigenvalue weighted by Crippen LogP contribution is -2.07. The smallest absolute Gasteiger partial charge is 0.363 e. The molecule has 6 heteroatoms. The van der Waals surface area contributed by atoms with Crippen molar-refractivity contribution in [2.24, 2.45) is 4.99 Å². The second-order valence-electron chi connectivity index (χ2n) is 4.46. The number of hydrogen-bond acceptors (Lipinski definition) is 3. The maximum absolute atomic E-state index is 13.7. The summed E-state index contributed by atoms with van der Waals surface area (Å²) in [6.07, 6.45) is 1.45. The Morgan fingerprint density at radius 1 is 1.09 bits per heavy atom. The van der Waals surface area contributed by atoms with E-state index in [9.17, 15) is 9.18 Å². The molecule has 0 aliphatic carbocycles. The quantitative estimate of drug-likeness (QED) is 0.599. The molecule has 0 unspecified atom stereocenters. The molecule has 1 aliphatic rings. The van der Waals surface area contributed by atoms with Crippen LogP contribution in [0, 0.1) is 5.82 Å². The summed E-state index contributed by atoms with van der Waals surface area (Å²) in [6, 6.07) is 10.9. The number of halogens is 3. The Balaban J connectivity index is 2.02. The van der Waals surface area contributed by atoms with Gasteiger partial charge in [0.1, 0.15) is 5.82 Å². The molecule has 0 saturated heterocycles. The lowest BCUT2D eigenvalue weighted by atomic mass is 10.2. The molecule has 2 aromatic carbocycles. The van der Waals surface area contributed by atoms with Crippen molar-refractivity contribution in [2.45, 2.75) is 0 Å². The van der Waals surface area contributed by atoms with Gasteiger partial charge < -0.3 is 4.74 Å². The second-order valence-corrected chi connectivity index (χ2v) is 5.24. The summed E-state index contributed by atoms with van der Waals surface area (Å²) in [7, 11) is 0. The lowest BCUT2D eigenvalue weighted by molar-refractivity contribution is -0.129. The number of rotatable bonds is 2. The fourth-order valence-electron chi connectivity index (χ4n) is 1.94. The van der Waals surface area contributed by atoms with E-state index in [1.165, 1.54) is 18.2 Å². The largest absolute Gasteiger partial charge is 0.402 e. The number of esters is 1. The van der Waals surface area contributed by atoms with Gasteiger partial charge >= 0.3 is 5.97 Å². The zero-order valence-electron chi connectivity index (χ0n) is 11.0. The zero-order chi connectivity index (χ0) is 15.7. The minimum Gasteiger partial charge on any atom is -0.402 e. The number of aliphatic imine (C=N–C) groups is 1. The first-order chi connectivity index (χ1) is 10.6. The highest BCUT2D eigenvalue weighted by molar-refractivity contribution is 6.43. The molecule has 0 amide bonds. The number of ether oxygens (including phenoxy) is 1. The molecule has 3 rings (SSSR count). The standard InChI is InChI=1S/C16H8Cl2FNO2/c17-11-6-3-4-9(14(11)18)8-13-16(21)22-15(20-13)10-5-1-2-7-12(10)19/h1-8H/b13-8+. The maximum Gasteiger partial charge on any atom is 0.363 e. The van der Waals surface area contributed by atoms with Crippen molar-refractivity contribution in [3.63, 3.8) is 0 Å². The van der Waals surface area contributed by atoms with E-state index in [1.807, 2.05) is 0 Å². The third-order valence-electron chi connectivity index (χ3n) is 3.00. The van der Waals surface area contributed by atoms with Crippen LogP contribution in [0.15, 0.2) is 53.2 Å². The molecule has 0 aromatic heterocycles. The Hall–Kier alpha value is -2.17. The lowest BCUT2D eigenvalue weighted by Gasteiger charge is -2.00. The van der Waals surface area contributed by atoms with Gasteiger partial charge in [-0.25, -0.2) is 14.2 Å². The summed E-state index contributed by atoms with van der Waals surface area (Å²) in [5.74, 6) is -1.27. The maximum atomic E-state index is 13.7. The van der Waals surface area contributed by atoms with Crippen LogP contribution >= 0.6 is 23.2 Å². The molecule has 0 fully saturated rings. The Labute approximate surface area is 135 Å².